The molecule has 150 valence electrons. The van der Waals surface area contributed by atoms with E-state index in [1.54, 1.807) is 16.2 Å². The summed E-state index contributed by atoms with van der Waals surface area (Å²) in [4.78, 5) is 20.7. The summed E-state index contributed by atoms with van der Waals surface area (Å²) in [5, 5.41) is 0.934. The molecule has 1 aromatic rings. The number of rotatable bonds is 2. The Morgan fingerprint density at radius 2 is 1.70 bits per heavy atom. The number of hydrogen-bond donors (Lipinski definition) is 0. The second-order valence-electron chi connectivity index (χ2n) is 9.09. The highest BCUT2D eigenvalue weighted by Crippen LogP contribution is 2.37. The predicted octanol–water partition coefficient (Wildman–Crippen LogP) is 2.50. The summed E-state index contributed by atoms with van der Waals surface area (Å²) >= 11 is 1.59. The van der Waals surface area contributed by atoms with E-state index < -0.39 is 5.60 Å². The highest BCUT2D eigenvalue weighted by Gasteiger charge is 2.52. The van der Waals surface area contributed by atoms with Gasteiger partial charge < -0.3 is 23.8 Å². The molecule has 0 atom stereocenters. The van der Waals surface area contributed by atoms with Crippen LogP contribution in [0.3, 0.4) is 0 Å². The van der Waals surface area contributed by atoms with Gasteiger partial charge in [-0.2, -0.15) is 0 Å². The van der Waals surface area contributed by atoms with E-state index in [9.17, 15) is 4.79 Å². The lowest BCUT2D eigenvalue weighted by Crippen LogP contribution is -2.50. The molecule has 27 heavy (non-hydrogen) atoms. The van der Waals surface area contributed by atoms with Gasteiger partial charge in [-0.05, 0) is 48.5 Å². The van der Waals surface area contributed by atoms with Gasteiger partial charge in [0.15, 0.2) is 5.13 Å². The van der Waals surface area contributed by atoms with Gasteiger partial charge in [-0.3, -0.25) is 0 Å². The van der Waals surface area contributed by atoms with E-state index in [0.29, 0.717) is 13.1 Å². The molecule has 2 saturated heterocycles. The van der Waals surface area contributed by atoms with E-state index in [1.165, 1.54) is 0 Å². The van der Waals surface area contributed by atoms with Crippen LogP contribution in [-0.4, -0.2) is 66.1 Å². The van der Waals surface area contributed by atoms with Crippen LogP contribution in [0.2, 0.25) is 0 Å². The maximum absolute atomic E-state index is 12.2. The first-order chi connectivity index (χ1) is 12.4. The first kappa shape index (κ1) is 20.4. The monoisotopic (exact) mass is 395 g/mol. The lowest BCUT2D eigenvalue weighted by molar-refractivity contribution is 0.00578. The fourth-order valence-corrected chi connectivity index (χ4v) is 3.82. The first-order valence-electron chi connectivity index (χ1n) is 9.42. The van der Waals surface area contributed by atoms with Crippen molar-refractivity contribution in [2.24, 2.45) is 0 Å². The highest BCUT2D eigenvalue weighted by molar-refractivity contribution is 7.25. The largest absolute Gasteiger partial charge is 0.507 e. The summed E-state index contributed by atoms with van der Waals surface area (Å²) in [6, 6.07) is 0. The van der Waals surface area contributed by atoms with E-state index in [2.05, 4.69) is 9.88 Å². The van der Waals surface area contributed by atoms with Crippen LogP contribution in [0.25, 0.3) is 0 Å². The van der Waals surface area contributed by atoms with Gasteiger partial charge in [0.2, 0.25) is 0 Å². The number of piperazine rings is 1. The van der Waals surface area contributed by atoms with Crippen molar-refractivity contribution in [1.82, 2.24) is 9.88 Å². The number of carbonyl (C=O) groups is 1. The molecule has 9 heteroatoms. The van der Waals surface area contributed by atoms with Crippen LogP contribution in [0.1, 0.15) is 48.5 Å². The molecule has 0 radical (unpaired) electrons. The molecular formula is C18H30BN3O4S. The summed E-state index contributed by atoms with van der Waals surface area (Å²) in [6.07, 6.45) is 1.58. The molecule has 1 amide bonds. The number of hydrogen-bond acceptors (Lipinski definition) is 7. The molecule has 2 fully saturated rings. The summed E-state index contributed by atoms with van der Waals surface area (Å²) in [5.74, 6) is 0. The van der Waals surface area contributed by atoms with Crippen molar-refractivity contribution in [2.45, 2.75) is 65.3 Å². The van der Waals surface area contributed by atoms with Crippen molar-refractivity contribution in [3.05, 3.63) is 6.20 Å². The molecular weight excluding hydrogens is 365 g/mol. The van der Waals surface area contributed by atoms with Crippen LogP contribution in [0.4, 0.5) is 9.93 Å². The number of thiazole rings is 1. The second-order valence-corrected chi connectivity index (χ2v) is 10.1. The zero-order valence-corrected chi connectivity index (χ0v) is 18.2. The Labute approximate surface area is 166 Å². The molecule has 0 unspecified atom stereocenters. The predicted molar refractivity (Wildman–Crippen MR) is 108 cm³/mol. The fraction of sp³-hybridized carbons (Fsp3) is 0.778. The van der Waals surface area contributed by atoms with Crippen molar-refractivity contribution in [1.29, 1.82) is 0 Å². The zero-order chi connectivity index (χ0) is 20.0. The van der Waals surface area contributed by atoms with Gasteiger partial charge >= 0.3 is 13.2 Å². The third-order valence-electron chi connectivity index (χ3n) is 5.20. The van der Waals surface area contributed by atoms with Gasteiger partial charge in [0.1, 0.15) is 5.60 Å². The Morgan fingerprint density at radius 1 is 1.15 bits per heavy atom. The average Bonchev–Trinajstić information content (AvgIpc) is 3.09. The van der Waals surface area contributed by atoms with E-state index in [-0.39, 0.29) is 24.4 Å². The molecule has 0 bridgehead atoms. The van der Waals surface area contributed by atoms with Crippen molar-refractivity contribution in [3.63, 3.8) is 0 Å². The molecule has 0 aliphatic carbocycles. The molecule has 3 heterocycles. The van der Waals surface area contributed by atoms with Crippen molar-refractivity contribution >= 4 is 34.5 Å². The Kier molecular flexibility index (Phi) is 5.25. The van der Waals surface area contributed by atoms with Crippen LogP contribution in [0.15, 0.2) is 6.20 Å². The van der Waals surface area contributed by atoms with Crippen LogP contribution in [0, 0.1) is 0 Å². The first-order valence-corrected chi connectivity index (χ1v) is 10.2. The smallest absolute Gasteiger partial charge is 0.444 e. The molecule has 1 aromatic heterocycles. The number of amides is 1. The van der Waals surface area contributed by atoms with Crippen LogP contribution >= 0.6 is 11.3 Å². The molecule has 0 saturated carbocycles. The normalized spacial score (nSPS) is 22.3. The maximum atomic E-state index is 12.2. The fourth-order valence-electron chi connectivity index (χ4n) is 2.90. The molecule has 0 aromatic carbocycles. The molecule has 0 N–H and O–H groups in total. The lowest BCUT2D eigenvalue weighted by atomic mass is 9.89. The Balaban J connectivity index is 1.58. The van der Waals surface area contributed by atoms with Gasteiger partial charge in [0.25, 0.3) is 0 Å². The third-order valence-corrected chi connectivity index (χ3v) is 6.28. The van der Waals surface area contributed by atoms with Crippen molar-refractivity contribution < 1.29 is 18.8 Å². The van der Waals surface area contributed by atoms with Gasteiger partial charge in [-0.25, -0.2) is 9.78 Å². The summed E-state index contributed by atoms with van der Waals surface area (Å²) < 4.78 is 18.6. The van der Waals surface area contributed by atoms with E-state index in [1.807, 2.05) is 54.7 Å². The lowest BCUT2D eigenvalue weighted by Gasteiger charge is -2.35. The van der Waals surface area contributed by atoms with Crippen LogP contribution in [0.5, 0.6) is 0 Å². The average molecular weight is 395 g/mol. The summed E-state index contributed by atoms with van der Waals surface area (Å²) in [7, 11) is -0.385. The number of aromatic nitrogens is 1. The Hall–Kier alpha value is -1.32. The number of ether oxygens (including phenoxy) is 1. The second kappa shape index (κ2) is 6.94. The van der Waals surface area contributed by atoms with Gasteiger partial charge in [-0.15, -0.1) is 11.3 Å². The van der Waals surface area contributed by atoms with E-state index in [0.717, 1.165) is 23.0 Å². The van der Waals surface area contributed by atoms with Gasteiger partial charge in [-0.1, -0.05) is 0 Å². The Morgan fingerprint density at radius 3 is 2.22 bits per heavy atom. The third kappa shape index (κ3) is 4.41. The number of nitrogens with zero attached hydrogens (tertiary/aromatic N) is 3. The quantitative estimate of drug-likeness (QED) is 0.717. The summed E-state index contributed by atoms with van der Waals surface area (Å²) in [6.45, 7) is 16.5. The molecule has 2 aliphatic heterocycles. The standard InChI is InChI=1S/C18H30BN3O4S/c1-16(2,3)24-15(23)22-10-8-21(9-11-22)14-20-12-13(27-14)19-25-17(4,5)18(6,7)26-19/h12H,8-11H2,1-7H3. The van der Waals surface area contributed by atoms with Crippen LogP contribution < -0.4 is 9.68 Å². The molecule has 7 nitrogen and oxygen atoms in total. The van der Waals surface area contributed by atoms with Gasteiger partial charge in [0.05, 0.1) is 16.0 Å². The van der Waals surface area contributed by atoms with Gasteiger partial charge in [0, 0.05) is 32.4 Å². The Bertz CT molecular complexity index is 677. The molecule has 0 spiro atoms. The van der Waals surface area contributed by atoms with Crippen molar-refractivity contribution in [3.8, 4) is 0 Å². The zero-order valence-electron chi connectivity index (χ0n) is 17.4. The minimum absolute atomic E-state index is 0.251. The maximum Gasteiger partial charge on any atom is 0.507 e. The van der Waals surface area contributed by atoms with E-state index in [4.69, 9.17) is 14.0 Å². The minimum Gasteiger partial charge on any atom is -0.444 e. The number of carbonyl (C=O) groups excluding carboxylic acids is 1. The SMILES string of the molecule is CC(C)(C)OC(=O)N1CCN(c2ncc(B3OC(C)(C)C(C)(C)O3)s2)CC1. The number of anilines is 1. The minimum atomic E-state index is -0.471. The topological polar surface area (TPSA) is 64.1 Å². The van der Waals surface area contributed by atoms with Crippen molar-refractivity contribution in [2.75, 3.05) is 31.1 Å². The van der Waals surface area contributed by atoms with E-state index >= 15 is 0 Å². The summed E-state index contributed by atoms with van der Waals surface area (Å²) in [5.41, 5.74) is -1.19. The van der Waals surface area contributed by atoms with Crippen LogP contribution in [-0.2, 0) is 14.0 Å². The highest BCUT2D eigenvalue weighted by atomic mass is 32.1. The molecule has 2 aliphatic rings. The molecule has 3 rings (SSSR count).